The molecular weight excluding hydrogens is 228 g/mol. The average molecular weight is 254 g/mol. The predicted molar refractivity (Wildman–Crippen MR) is 74.7 cm³/mol. The molecule has 18 heavy (non-hydrogen) atoms. The van der Waals surface area contributed by atoms with Gasteiger partial charge >= 0.3 is 0 Å². The number of hydrogen-bond donors (Lipinski definition) is 2. The molecule has 1 aliphatic rings. The zero-order valence-electron chi connectivity index (χ0n) is 11.8. The lowest BCUT2D eigenvalue weighted by atomic mass is 10.3. The van der Waals surface area contributed by atoms with Crippen LogP contribution in [0.1, 0.15) is 40.0 Å². The van der Waals surface area contributed by atoms with Crippen LogP contribution < -0.4 is 10.6 Å². The fourth-order valence-corrected chi connectivity index (χ4v) is 1.98. The number of aliphatic imine (C=N–C) groups is 1. The SMILES string of the molecule is CCNC(=NCCC(=O)N1CCCC1)NC(C)C. The number of likely N-dealkylation sites (tertiary alicyclic amines) is 1. The maximum atomic E-state index is 11.8. The van der Waals surface area contributed by atoms with E-state index in [-0.39, 0.29) is 5.91 Å². The fraction of sp³-hybridized carbons (Fsp3) is 0.846. The highest BCUT2D eigenvalue weighted by atomic mass is 16.2. The molecule has 1 heterocycles. The largest absolute Gasteiger partial charge is 0.357 e. The Morgan fingerprint density at radius 3 is 2.56 bits per heavy atom. The maximum Gasteiger partial charge on any atom is 0.224 e. The van der Waals surface area contributed by atoms with Gasteiger partial charge in [0.25, 0.3) is 0 Å². The van der Waals surface area contributed by atoms with Crippen molar-refractivity contribution >= 4 is 11.9 Å². The monoisotopic (exact) mass is 254 g/mol. The number of carbonyl (C=O) groups excluding carboxylic acids is 1. The summed E-state index contributed by atoms with van der Waals surface area (Å²) >= 11 is 0. The van der Waals surface area contributed by atoms with Gasteiger partial charge in [-0.05, 0) is 33.6 Å². The predicted octanol–water partition coefficient (Wildman–Crippen LogP) is 0.962. The van der Waals surface area contributed by atoms with Gasteiger partial charge in [0.15, 0.2) is 5.96 Å². The van der Waals surface area contributed by atoms with Gasteiger partial charge in [0.2, 0.25) is 5.91 Å². The van der Waals surface area contributed by atoms with Crippen LogP contribution in [0.2, 0.25) is 0 Å². The van der Waals surface area contributed by atoms with E-state index >= 15 is 0 Å². The molecule has 1 saturated heterocycles. The Kier molecular flexibility index (Phi) is 6.54. The molecule has 0 aliphatic carbocycles. The van der Waals surface area contributed by atoms with Crippen LogP contribution >= 0.6 is 0 Å². The molecule has 0 aromatic heterocycles. The summed E-state index contributed by atoms with van der Waals surface area (Å²) in [6, 6.07) is 0.345. The number of nitrogens with one attached hydrogen (secondary N) is 2. The van der Waals surface area contributed by atoms with Crippen LogP contribution in [0.15, 0.2) is 4.99 Å². The minimum absolute atomic E-state index is 0.233. The van der Waals surface area contributed by atoms with Crippen molar-refractivity contribution in [2.75, 3.05) is 26.2 Å². The topological polar surface area (TPSA) is 56.7 Å². The molecule has 5 heteroatoms. The molecule has 0 aromatic rings. The molecule has 0 bridgehead atoms. The number of rotatable bonds is 5. The van der Waals surface area contributed by atoms with Crippen molar-refractivity contribution < 1.29 is 4.79 Å². The van der Waals surface area contributed by atoms with Gasteiger partial charge in [-0.15, -0.1) is 0 Å². The van der Waals surface area contributed by atoms with E-state index in [4.69, 9.17) is 0 Å². The lowest BCUT2D eigenvalue weighted by molar-refractivity contribution is -0.129. The lowest BCUT2D eigenvalue weighted by Gasteiger charge is -2.16. The average Bonchev–Trinajstić information content (AvgIpc) is 2.81. The van der Waals surface area contributed by atoms with Crippen molar-refractivity contribution in [3.63, 3.8) is 0 Å². The summed E-state index contributed by atoms with van der Waals surface area (Å²) in [5.41, 5.74) is 0. The molecule has 0 aromatic carbocycles. The molecule has 0 radical (unpaired) electrons. The molecular formula is C13H26N4O. The van der Waals surface area contributed by atoms with Gasteiger partial charge < -0.3 is 15.5 Å². The maximum absolute atomic E-state index is 11.8. The summed E-state index contributed by atoms with van der Waals surface area (Å²) in [4.78, 5) is 18.2. The van der Waals surface area contributed by atoms with Crippen molar-refractivity contribution in [3.05, 3.63) is 0 Å². The second-order valence-corrected chi connectivity index (χ2v) is 4.90. The third-order valence-corrected chi connectivity index (χ3v) is 2.82. The first-order chi connectivity index (χ1) is 8.63. The van der Waals surface area contributed by atoms with Gasteiger partial charge in [0.05, 0.1) is 6.54 Å². The van der Waals surface area contributed by atoms with Crippen molar-refractivity contribution in [2.45, 2.75) is 46.1 Å². The van der Waals surface area contributed by atoms with E-state index in [1.807, 2.05) is 11.8 Å². The molecule has 1 fully saturated rings. The number of nitrogens with zero attached hydrogens (tertiary/aromatic N) is 2. The standard InChI is InChI=1S/C13H26N4O/c1-4-14-13(16-11(2)3)15-8-7-12(18)17-9-5-6-10-17/h11H,4-10H2,1-3H3,(H2,14,15,16). The third kappa shape index (κ3) is 5.38. The first-order valence-corrected chi connectivity index (χ1v) is 6.96. The number of guanidine groups is 1. The Labute approximate surface area is 110 Å². The van der Waals surface area contributed by atoms with Gasteiger partial charge in [0.1, 0.15) is 0 Å². The van der Waals surface area contributed by atoms with E-state index in [0.29, 0.717) is 19.0 Å². The van der Waals surface area contributed by atoms with Crippen LogP contribution in [-0.4, -0.2) is 49.0 Å². The summed E-state index contributed by atoms with van der Waals surface area (Å²) in [6.45, 7) is 9.41. The van der Waals surface area contributed by atoms with Gasteiger partial charge in [-0.1, -0.05) is 0 Å². The summed E-state index contributed by atoms with van der Waals surface area (Å²) in [7, 11) is 0. The number of hydrogen-bond acceptors (Lipinski definition) is 2. The first-order valence-electron chi connectivity index (χ1n) is 6.96. The molecule has 104 valence electrons. The summed E-state index contributed by atoms with van der Waals surface area (Å²) < 4.78 is 0. The van der Waals surface area contributed by atoms with Crippen LogP contribution in [0.3, 0.4) is 0 Å². The highest BCUT2D eigenvalue weighted by Crippen LogP contribution is 2.08. The van der Waals surface area contributed by atoms with Crippen molar-refractivity contribution in [2.24, 2.45) is 4.99 Å². The second-order valence-electron chi connectivity index (χ2n) is 4.90. The minimum atomic E-state index is 0.233. The normalized spacial score (nSPS) is 16.2. The second kappa shape index (κ2) is 7.95. The summed E-state index contributed by atoms with van der Waals surface area (Å²) in [5, 5.41) is 6.41. The van der Waals surface area contributed by atoms with Crippen molar-refractivity contribution in [1.29, 1.82) is 0 Å². The minimum Gasteiger partial charge on any atom is -0.357 e. The molecule has 0 saturated carbocycles. The van der Waals surface area contributed by atoms with E-state index in [9.17, 15) is 4.79 Å². The van der Waals surface area contributed by atoms with Crippen LogP contribution in [-0.2, 0) is 4.79 Å². The van der Waals surface area contributed by atoms with E-state index < -0.39 is 0 Å². The van der Waals surface area contributed by atoms with Gasteiger partial charge in [-0.2, -0.15) is 0 Å². The van der Waals surface area contributed by atoms with Gasteiger partial charge in [0, 0.05) is 32.1 Å². The quantitative estimate of drug-likeness (QED) is 0.567. The molecule has 0 unspecified atom stereocenters. The van der Waals surface area contributed by atoms with E-state index in [1.165, 1.54) is 0 Å². The molecule has 0 spiro atoms. The number of carbonyl (C=O) groups is 1. The smallest absolute Gasteiger partial charge is 0.224 e. The van der Waals surface area contributed by atoms with Crippen molar-refractivity contribution in [3.8, 4) is 0 Å². The van der Waals surface area contributed by atoms with Crippen LogP contribution in [0.5, 0.6) is 0 Å². The Bertz CT molecular complexity index is 283. The summed E-state index contributed by atoms with van der Waals surface area (Å²) in [6.07, 6.45) is 2.80. The highest BCUT2D eigenvalue weighted by Gasteiger charge is 2.16. The van der Waals surface area contributed by atoms with Crippen LogP contribution in [0.25, 0.3) is 0 Å². The lowest BCUT2D eigenvalue weighted by Crippen LogP contribution is -2.41. The van der Waals surface area contributed by atoms with E-state index in [1.54, 1.807) is 0 Å². The molecule has 1 rings (SSSR count). The molecule has 2 N–H and O–H groups in total. The zero-order chi connectivity index (χ0) is 13.4. The Balaban J connectivity index is 2.32. The third-order valence-electron chi connectivity index (χ3n) is 2.82. The highest BCUT2D eigenvalue weighted by molar-refractivity contribution is 5.81. The Hall–Kier alpha value is -1.26. The zero-order valence-corrected chi connectivity index (χ0v) is 11.8. The first kappa shape index (κ1) is 14.8. The van der Waals surface area contributed by atoms with Crippen molar-refractivity contribution in [1.82, 2.24) is 15.5 Å². The fourth-order valence-electron chi connectivity index (χ4n) is 1.98. The molecule has 1 amide bonds. The Morgan fingerprint density at radius 1 is 1.33 bits per heavy atom. The molecule has 0 atom stereocenters. The van der Waals surface area contributed by atoms with E-state index in [2.05, 4.69) is 29.5 Å². The number of amides is 1. The van der Waals surface area contributed by atoms with E-state index in [0.717, 1.165) is 38.4 Å². The van der Waals surface area contributed by atoms with Gasteiger partial charge in [-0.25, -0.2) is 0 Å². The van der Waals surface area contributed by atoms with Crippen LogP contribution in [0, 0.1) is 0 Å². The van der Waals surface area contributed by atoms with Crippen LogP contribution in [0.4, 0.5) is 0 Å². The Morgan fingerprint density at radius 2 is 2.00 bits per heavy atom. The molecule has 1 aliphatic heterocycles. The summed E-state index contributed by atoms with van der Waals surface area (Å²) in [5.74, 6) is 1.03. The van der Waals surface area contributed by atoms with Gasteiger partial charge in [-0.3, -0.25) is 9.79 Å². The molecule has 5 nitrogen and oxygen atoms in total.